The maximum atomic E-state index is 12.0. The van der Waals surface area contributed by atoms with Crippen LogP contribution in [-0.2, 0) is 9.53 Å². The molecule has 0 bridgehead atoms. The topological polar surface area (TPSA) is 41.6 Å². The van der Waals surface area contributed by atoms with Gasteiger partial charge in [-0.05, 0) is 31.9 Å². The van der Waals surface area contributed by atoms with Crippen LogP contribution in [0.4, 0.5) is 5.69 Å². The van der Waals surface area contributed by atoms with E-state index in [0.717, 1.165) is 6.54 Å². The number of esters is 1. The van der Waals surface area contributed by atoms with Crippen LogP contribution in [-0.4, -0.2) is 30.8 Å². The van der Waals surface area contributed by atoms with Crippen molar-refractivity contribution in [3.05, 3.63) is 30.3 Å². The fraction of sp³-hybridized carbons (Fsp3) is 0.611. The lowest BCUT2D eigenvalue weighted by molar-refractivity contribution is -0.143. The zero-order valence-corrected chi connectivity index (χ0v) is 13.4. The van der Waals surface area contributed by atoms with Crippen LogP contribution in [0.5, 0.6) is 0 Å². The van der Waals surface area contributed by atoms with Gasteiger partial charge in [0.15, 0.2) is 0 Å². The lowest BCUT2D eigenvalue weighted by Crippen LogP contribution is -2.51. The van der Waals surface area contributed by atoms with Crippen molar-refractivity contribution in [2.24, 2.45) is 0 Å². The molecule has 1 aliphatic carbocycles. The first kappa shape index (κ1) is 15.3. The van der Waals surface area contributed by atoms with Gasteiger partial charge in [-0.3, -0.25) is 10.1 Å². The molecule has 1 spiro atoms. The molecule has 0 aromatic heterocycles. The maximum Gasteiger partial charge on any atom is 0.309 e. The molecule has 1 aliphatic heterocycles. The van der Waals surface area contributed by atoms with E-state index in [2.05, 4.69) is 34.5 Å². The molecule has 4 nitrogen and oxygen atoms in total. The Morgan fingerprint density at radius 2 is 2.00 bits per heavy atom. The Balaban J connectivity index is 1.85. The van der Waals surface area contributed by atoms with Crippen molar-refractivity contribution in [1.82, 2.24) is 5.32 Å². The lowest BCUT2D eigenvalue weighted by Gasteiger charge is -2.44. The van der Waals surface area contributed by atoms with Gasteiger partial charge in [0, 0.05) is 12.2 Å². The highest BCUT2D eigenvalue weighted by Gasteiger charge is 2.47. The summed E-state index contributed by atoms with van der Waals surface area (Å²) in [7, 11) is 0. The summed E-state index contributed by atoms with van der Waals surface area (Å²) in [6.45, 7) is 3.27. The highest BCUT2D eigenvalue weighted by atomic mass is 16.5. The Labute approximate surface area is 132 Å². The van der Waals surface area contributed by atoms with E-state index in [1.165, 1.54) is 37.8 Å². The van der Waals surface area contributed by atoms with Gasteiger partial charge in [-0.15, -0.1) is 0 Å². The molecule has 3 rings (SSSR count). The maximum absolute atomic E-state index is 12.0. The van der Waals surface area contributed by atoms with Crippen LogP contribution in [0.15, 0.2) is 30.3 Å². The van der Waals surface area contributed by atoms with Gasteiger partial charge in [-0.25, -0.2) is 0 Å². The molecule has 1 saturated heterocycles. The van der Waals surface area contributed by atoms with E-state index in [9.17, 15) is 4.79 Å². The quantitative estimate of drug-likeness (QED) is 0.868. The highest BCUT2D eigenvalue weighted by Crippen LogP contribution is 2.41. The molecular weight excluding hydrogens is 276 g/mol. The number of benzene rings is 1. The fourth-order valence-electron chi connectivity index (χ4n) is 4.03. The smallest absolute Gasteiger partial charge is 0.309 e. The molecule has 1 aromatic carbocycles. The van der Waals surface area contributed by atoms with Crippen molar-refractivity contribution in [2.75, 3.05) is 18.1 Å². The van der Waals surface area contributed by atoms with E-state index >= 15 is 0 Å². The van der Waals surface area contributed by atoms with Crippen molar-refractivity contribution in [3.8, 4) is 0 Å². The number of hydrogen-bond donors (Lipinski definition) is 1. The molecule has 1 N–H and O–H groups in total. The van der Waals surface area contributed by atoms with Crippen molar-refractivity contribution < 1.29 is 9.53 Å². The van der Waals surface area contributed by atoms with Gasteiger partial charge in [0.2, 0.25) is 0 Å². The number of para-hydroxylation sites is 1. The van der Waals surface area contributed by atoms with Crippen LogP contribution in [0.1, 0.15) is 45.4 Å². The van der Waals surface area contributed by atoms with Crippen molar-refractivity contribution >= 4 is 11.7 Å². The van der Waals surface area contributed by atoms with Gasteiger partial charge < -0.3 is 9.64 Å². The van der Waals surface area contributed by atoms with E-state index in [0.29, 0.717) is 13.0 Å². The summed E-state index contributed by atoms with van der Waals surface area (Å²) in [5.74, 6) is -0.117. The molecule has 0 amide bonds. The third-order valence-corrected chi connectivity index (χ3v) is 4.97. The predicted molar refractivity (Wildman–Crippen MR) is 87.8 cm³/mol. The second-order valence-electron chi connectivity index (χ2n) is 6.40. The zero-order chi connectivity index (χ0) is 15.4. The number of carbonyl (C=O) groups excluding carboxylic acids is 1. The standard InChI is InChI=1S/C18H26N2O2/c1-2-22-17(21)13-16-19-14-18(11-7-4-8-12-18)20(16)15-9-5-3-6-10-15/h3,5-6,9-10,16,19H,2,4,7-8,11-14H2,1H3. The van der Waals surface area contributed by atoms with Crippen LogP contribution in [0.25, 0.3) is 0 Å². The number of nitrogens with zero attached hydrogens (tertiary/aromatic N) is 1. The van der Waals surface area contributed by atoms with Gasteiger partial charge in [0.25, 0.3) is 0 Å². The first-order valence-electron chi connectivity index (χ1n) is 8.48. The number of anilines is 1. The fourth-order valence-corrected chi connectivity index (χ4v) is 4.03. The van der Waals surface area contributed by atoms with Crippen molar-refractivity contribution in [2.45, 2.75) is 57.2 Å². The van der Waals surface area contributed by atoms with E-state index in [1.54, 1.807) is 0 Å². The van der Waals surface area contributed by atoms with Gasteiger partial charge in [0.1, 0.15) is 0 Å². The summed E-state index contributed by atoms with van der Waals surface area (Å²) in [6, 6.07) is 10.5. The molecule has 1 aromatic rings. The zero-order valence-electron chi connectivity index (χ0n) is 13.4. The molecule has 4 heteroatoms. The number of carbonyl (C=O) groups is 1. The summed E-state index contributed by atoms with van der Waals surface area (Å²) in [5.41, 5.74) is 1.38. The van der Waals surface area contributed by atoms with Crippen LogP contribution in [0.3, 0.4) is 0 Å². The lowest BCUT2D eigenvalue weighted by atomic mass is 9.81. The van der Waals surface area contributed by atoms with Gasteiger partial charge in [-0.1, -0.05) is 37.5 Å². The van der Waals surface area contributed by atoms with E-state index in [-0.39, 0.29) is 17.7 Å². The molecule has 1 unspecified atom stereocenters. The van der Waals surface area contributed by atoms with E-state index in [1.807, 2.05) is 13.0 Å². The number of hydrogen-bond acceptors (Lipinski definition) is 4. The van der Waals surface area contributed by atoms with Gasteiger partial charge in [0.05, 0.1) is 24.7 Å². The van der Waals surface area contributed by atoms with Crippen molar-refractivity contribution in [3.63, 3.8) is 0 Å². The second-order valence-corrected chi connectivity index (χ2v) is 6.40. The Bertz CT molecular complexity index is 497. The van der Waals surface area contributed by atoms with Crippen LogP contribution < -0.4 is 10.2 Å². The second kappa shape index (κ2) is 6.69. The minimum absolute atomic E-state index is 0.0412. The minimum Gasteiger partial charge on any atom is -0.466 e. The van der Waals surface area contributed by atoms with E-state index < -0.39 is 0 Å². The molecule has 2 fully saturated rings. The highest BCUT2D eigenvalue weighted by molar-refractivity contribution is 5.71. The SMILES string of the molecule is CCOC(=O)CC1NCC2(CCCCC2)N1c1ccccc1. The number of nitrogens with one attached hydrogen (secondary N) is 1. The summed E-state index contributed by atoms with van der Waals surface area (Å²) in [6.07, 6.45) is 6.73. The summed E-state index contributed by atoms with van der Waals surface area (Å²) in [4.78, 5) is 14.4. The van der Waals surface area contributed by atoms with Crippen LogP contribution >= 0.6 is 0 Å². The normalized spacial score (nSPS) is 23.7. The molecular formula is C18H26N2O2. The molecule has 1 saturated carbocycles. The third-order valence-electron chi connectivity index (χ3n) is 4.97. The number of ether oxygens (including phenoxy) is 1. The van der Waals surface area contributed by atoms with Gasteiger partial charge >= 0.3 is 5.97 Å². The average molecular weight is 302 g/mol. The summed E-state index contributed by atoms with van der Waals surface area (Å²) < 4.78 is 5.16. The van der Waals surface area contributed by atoms with E-state index in [4.69, 9.17) is 4.74 Å². The third kappa shape index (κ3) is 2.98. The average Bonchev–Trinajstić information content (AvgIpc) is 2.87. The summed E-state index contributed by atoms with van der Waals surface area (Å²) >= 11 is 0. The molecule has 1 heterocycles. The minimum atomic E-state index is -0.117. The Morgan fingerprint density at radius 1 is 1.27 bits per heavy atom. The Kier molecular flexibility index (Phi) is 4.67. The molecule has 1 atom stereocenters. The number of rotatable bonds is 4. The first-order valence-corrected chi connectivity index (χ1v) is 8.48. The Hall–Kier alpha value is -1.55. The van der Waals surface area contributed by atoms with Crippen molar-refractivity contribution in [1.29, 1.82) is 0 Å². The molecule has 22 heavy (non-hydrogen) atoms. The van der Waals surface area contributed by atoms with Gasteiger partial charge in [-0.2, -0.15) is 0 Å². The van der Waals surface area contributed by atoms with Crippen LogP contribution in [0.2, 0.25) is 0 Å². The molecule has 2 aliphatic rings. The Morgan fingerprint density at radius 3 is 2.68 bits per heavy atom. The molecule has 120 valence electrons. The summed E-state index contributed by atoms with van der Waals surface area (Å²) in [5, 5.41) is 3.58. The monoisotopic (exact) mass is 302 g/mol. The largest absolute Gasteiger partial charge is 0.466 e. The van der Waals surface area contributed by atoms with Crippen LogP contribution in [0, 0.1) is 0 Å². The predicted octanol–water partition coefficient (Wildman–Crippen LogP) is 3.08. The molecule has 0 radical (unpaired) electrons. The first-order chi connectivity index (χ1) is 10.7.